The van der Waals surface area contributed by atoms with E-state index in [9.17, 15) is 20.0 Å². The highest BCUT2D eigenvalue weighted by molar-refractivity contribution is 6.31. The molecule has 0 aliphatic carbocycles. The molecule has 1 aromatic heterocycles. The fourth-order valence-corrected chi connectivity index (χ4v) is 3.36. The van der Waals surface area contributed by atoms with Gasteiger partial charge in [0, 0.05) is 23.5 Å². The van der Waals surface area contributed by atoms with Crippen LogP contribution in [0.15, 0.2) is 29.8 Å². The number of benzene rings is 1. The summed E-state index contributed by atoms with van der Waals surface area (Å²) in [5.41, 5.74) is 6.59. The van der Waals surface area contributed by atoms with Gasteiger partial charge in [-0.1, -0.05) is 11.6 Å². The van der Waals surface area contributed by atoms with E-state index in [-0.39, 0.29) is 28.0 Å². The summed E-state index contributed by atoms with van der Waals surface area (Å²) in [6.07, 6.45) is 1.46. The number of phenolic OH excluding ortho intramolecular Hbond substituents is 1. The van der Waals surface area contributed by atoms with Gasteiger partial charge in [-0.15, -0.1) is 0 Å². The second-order valence-electron chi connectivity index (χ2n) is 6.74. The molecular formula is C21H23ClN4O4. The van der Waals surface area contributed by atoms with E-state index in [1.807, 2.05) is 32.9 Å². The number of halogens is 1. The van der Waals surface area contributed by atoms with Crippen molar-refractivity contribution in [1.29, 1.82) is 5.26 Å². The van der Waals surface area contributed by atoms with Crippen molar-refractivity contribution in [2.24, 2.45) is 0 Å². The zero-order valence-corrected chi connectivity index (χ0v) is 17.9. The van der Waals surface area contributed by atoms with Gasteiger partial charge in [-0.25, -0.2) is 0 Å². The van der Waals surface area contributed by atoms with Crippen LogP contribution in [0.4, 0.5) is 0 Å². The lowest BCUT2D eigenvalue weighted by molar-refractivity contribution is -0.117. The predicted molar refractivity (Wildman–Crippen MR) is 113 cm³/mol. The second-order valence-corrected chi connectivity index (χ2v) is 7.18. The molecule has 8 nitrogen and oxygen atoms in total. The predicted octanol–water partition coefficient (Wildman–Crippen LogP) is 3.04. The third-order valence-electron chi connectivity index (χ3n) is 4.53. The summed E-state index contributed by atoms with van der Waals surface area (Å²) in [5.74, 6) is -1.85. The molecule has 2 amide bonds. The average Bonchev–Trinajstić information content (AvgIpc) is 2.98. The molecule has 3 N–H and O–H groups in total. The highest BCUT2D eigenvalue weighted by Crippen LogP contribution is 2.23. The number of nitrogens with zero attached hydrogens (tertiary/aromatic N) is 2. The number of rotatable bonds is 6. The number of phenols is 1. The maximum Gasteiger partial charge on any atom is 0.280 e. The Hall–Kier alpha value is -3.28. The Morgan fingerprint density at radius 2 is 2.03 bits per heavy atom. The zero-order valence-electron chi connectivity index (χ0n) is 17.1. The van der Waals surface area contributed by atoms with Crippen molar-refractivity contribution in [2.75, 3.05) is 13.7 Å². The van der Waals surface area contributed by atoms with Crippen LogP contribution >= 0.6 is 11.6 Å². The third kappa shape index (κ3) is 5.20. The van der Waals surface area contributed by atoms with Gasteiger partial charge < -0.3 is 14.4 Å². The highest BCUT2D eigenvalue weighted by Gasteiger charge is 2.17. The first kappa shape index (κ1) is 23.0. The first-order chi connectivity index (χ1) is 14.2. The molecular weight excluding hydrogens is 408 g/mol. The maximum absolute atomic E-state index is 12.4. The largest absolute Gasteiger partial charge is 0.507 e. The molecule has 0 aliphatic heterocycles. The topological polar surface area (TPSA) is 116 Å². The summed E-state index contributed by atoms with van der Waals surface area (Å²) in [5, 5.41) is 19.4. The number of hydrogen-bond donors (Lipinski definition) is 3. The number of carbonyl (C=O) groups is 2. The number of methoxy groups -OCH3 is 1. The fraction of sp³-hybridized carbons (Fsp3) is 0.286. The second kappa shape index (κ2) is 9.96. The Labute approximate surface area is 179 Å². The lowest BCUT2D eigenvalue weighted by Crippen LogP contribution is -2.42. The number of hydrogen-bond acceptors (Lipinski definition) is 5. The van der Waals surface area contributed by atoms with Gasteiger partial charge in [-0.05, 0) is 56.7 Å². The third-order valence-corrected chi connectivity index (χ3v) is 4.76. The minimum absolute atomic E-state index is 0.0844. The molecule has 0 spiro atoms. The smallest absolute Gasteiger partial charge is 0.280 e. The summed E-state index contributed by atoms with van der Waals surface area (Å²) in [6, 6.07) is 7.74. The van der Waals surface area contributed by atoms with Crippen LogP contribution in [0.5, 0.6) is 5.75 Å². The van der Waals surface area contributed by atoms with Gasteiger partial charge in [0.15, 0.2) is 0 Å². The van der Waals surface area contributed by atoms with E-state index in [1.165, 1.54) is 24.3 Å². The van der Waals surface area contributed by atoms with Crippen LogP contribution in [0.25, 0.3) is 6.08 Å². The van der Waals surface area contributed by atoms with E-state index in [0.717, 1.165) is 11.4 Å². The number of aromatic nitrogens is 1. The van der Waals surface area contributed by atoms with Gasteiger partial charge in [0.05, 0.1) is 18.2 Å². The molecule has 0 fully saturated rings. The van der Waals surface area contributed by atoms with E-state index in [4.69, 9.17) is 16.3 Å². The summed E-state index contributed by atoms with van der Waals surface area (Å²) < 4.78 is 7.27. The summed E-state index contributed by atoms with van der Waals surface area (Å²) in [7, 11) is 1.63. The summed E-state index contributed by atoms with van der Waals surface area (Å²) in [4.78, 5) is 24.5. The molecule has 0 radical (unpaired) electrons. The van der Waals surface area contributed by atoms with Gasteiger partial charge in [-0.3, -0.25) is 20.4 Å². The Bertz CT molecular complexity index is 1040. The van der Waals surface area contributed by atoms with Crippen LogP contribution in [-0.2, 0) is 9.53 Å². The molecule has 2 aromatic rings. The molecule has 1 unspecified atom stereocenters. The molecule has 30 heavy (non-hydrogen) atoms. The number of hydrazine groups is 1. The van der Waals surface area contributed by atoms with Crippen LogP contribution in [0.2, 0.25) is 5.02 Å². The van der Waals surface area contributed by atoms with Crippen molar-refractivity contribution in [2.45, 2.75) is 26.8 Å². The zero-order chi connectivity index (χ0) is 22.4. The summed E-state index contributed by atoms with van der Waals surface area (Å²) >= 11 is 5.82. The maximum atomic E-state index is 12.4. The molecule has 1 heterocycles. The number of carbonyl (C=O) groups excluding carboxylic acids is 2. The van der Waals surface area contributed by atoms with Crippen LogP contribution in [0.1, 0.15) is 40.3 Å². The number of ether oxygens (including phenoxy) is 1. The lowest BCUT2D eigenvalue weighted by atomic mass is 10.1. The summed E-state index contributed by atoms with van der Waals surface area (Å²) in [6.45, 7) is 6.35. The lowest BCUT2D eigenvalue weighted by Gasteiger charge is -2.17. The average molecular weight is 431 g/mol. The monoisotopic (exact) mass is 430 g/mol. The first-order valence-electron chi connectivity index (χ1n) is 9.08. The normalized spacial score (nSPS) is 12.2. The van der Waals surface area contributed by atoms with Gasteiger partial charge in [0.25, 0.3) is 11.8 Å². The Kier molecular flexibility index (Phi) is 7.64. The van der Waals surface area contributed by atoms with E-state index >= 15 is 0 Å². The highest BCUT2D eigenvalue weighted by atomic mass is 35.5. The molecule has 1 atom stereocenters. The molecule has 9 heteroatoms. The van der Waals surface area contributed by atoms with Gasteiger partial charge in [0.1, 0.15) is 17.4 Å². The fourth-order valence-electron chi connectivity index (χ4n) is 3.19. The molecule has 1 aromatic carbocycles. The van der Waals surface area contributed by atoms with Crippen molar-refractivity contribution in [3.63, 3.8) is 0 Å². The van der Waals surface area contributed by atoms with Crippen molar-refractivity contribution >= 4 is 29.5 Å². The van der Waals surface area contributed by atoms with E-state index in [0.29, 0.717) is 12.2 Å². The van der Waals surface area contributed by atoms with E-state index in [1.54, 1.807) is 7.11 Å². The van der Waals surface area contributed by atoms with Crippen molar-refractivity contribution in [1.82, 2.24) is 15.4 Å². The van der Waals surface area contributed by atoms with Crippen molar-refractivity contribution < 1.29 is 19.4 Å². The van der Waals surface area contributed by atoms with Crippen LogP contribution < -0.4 is 10.9 Å². The number of amides is 2. The minimum atomic E-state index is -0.790. The Morgan fingerprint density at radius 3 is 2.67 bits per heavy atom. The van der Waals surface area contributed by atoms with Crippen LogP contribution in [0.3, 0.4) is 0 Å². The van der Waals surface area contributed by atoms with Gasteiger partial charge in [-0.2, -0.15) is 5.26 Å². The number of aromatic hydroxyl groups is 1. The standard InChI is InChI=1S/C21H23ClN4O4/c1-12-7-15(14(3)26(12)13(2)11-30-4)8-16(10-23)20(28)24-25-21(29)18-9-17(22)5-6-19(18)27/h5-9,13,27H,11H2,1-4H3,(H,24,28)(H,25,29)/b16-8-. The van der Waals surface area contributed by atoms with Crippen LogP contribution in [0, 0.1) is 25.2 Å². The van der Waals surface area contributed by atoms with Crippen molar-refractivity contribution in [3.8, 4) is 11.8 Å². The number of nitriles is 1. The molecule has 0 saturated carbocycles. The Balaban J connectivity index is 2.18. The Morgan fingerprint density at radius 1 is 1.33 bits per heavy atom. The number of nitrogens with one attached hydrogen (secondary N) is 2. The van der Waals surface area contributed by atoms with Crippen molar-refractivity contribution in [3.05, 3.63) is 57.4 Å². The molecule has 0 bridgehead atoms. The molecule has 0 aliphatic rings. The van der Waals surface area contributed by atoms with Gasteiger partial charge in [0.2, 0.25) is 0 Å². The minimum Gasteiger partial charge on any atom is -0.507 e. The van der Waals surface area contributed by atoms with Gasteiger partial charge >= 0.3 is 0 Å². The molecule has 0 saturated heterocycles. The first-order valence-corrected chi connectivity index (χ1v) is 9.45. The SMILES string of the molecule is COCC(C)n1c(C)cc(/C=C(/C#N)C(=O)NNC(=O)c2cc(Cl)ccc2O)c1C. The number of aryl methyl sites for hydroxylation is 1. The quantitative estimate of drug-likeness (QED) is 0.370. The molecule has 158 valence electrons. The van der Waals surface area contributed by atoms with Crippen LogP contribution in [-0.4, -0.2) is 35.2 Å². The van der Waals surface area contributed by atoms with E-state index < -0.39 is 11.8 Å². The van der Waals surface area contributed by atoms with E-state index in [2.05, 4.69) is 15.4 Å². The molecule has 2 rings (SSSR count).